The van der Waals surface area contributed by atoms with Crippen LogP contribution in [0, 0.1) is 0 Å². The van der Waals surface area contributed by atoms with Gasteiger partial charge in [0, 0.05) is 25.8 Å². The van der Waals surface area contributed by atoms with Crippen molar-refractivity contribution in [3.05, 3.63) is 30.3 Å². The number of nitrogens with zero attached hydrogens (tertiary/aromatic N) is 1. The molecule has 0 saturated carbocycles. The first-order valence-electron chi connectivity index (χ1n) is 4.91. The van der Waals surface area contributed by atoms with Gasteiger partial charge in [0.2, 0.25) is 0 Å². The molecule has 1 heterocycles. The van der Waals surface area contributed by atoms with E-state index in [1.807, 2.05) is 42.3 Å². The molecule has 0 aromatic heterocycles. The molecule has 1 aromatic carbocycles. The molecule has 1 N–H and O–H groups in total. The molecule has 0 radical (unpaired) electrons. The van der Waals surface area contributed by atoms with Gasteiger partial charge in [0.15, 0.2) is 0 Å². The van der Waals surface area contributed by atoms with E-state index in [0.717, 1.165) is 12.2 Å². The van der Waals surface area contributed by atoms with Crippen molar-refractivity contribution < 1.29 is 4.39 Å². The minimum absolute atomic E-state index is 0.0302. The van der Waals surface area contributed by atoms with E-state index >= 15 is 0 Å². The fraction of sp³-hybridized carbons (Fsp3) is 0.455. The SMILES string of the molecule is CN(c1ccccc1)C1CNCC1F. The van der Waals surface area contributed by atoms with Crippen molar-refractivity contribution in [1.29, 1.82) is 0 Å². The number of likely N-dealkylation sites (N-methyl/N-ethyl adjacent to an activating group) is 1. The molecule has 0 spiro atoms. The minimum atomic E-state index is -0.764. The van der Waals surface area contributed by atoms with Gasteiger partial charge >= 0.3 is 0 Å². The summed E-state index contributed by atoms with van der Waals surface area (Å²) >= 11 is 0. The third kappa shape index (κ3) is 1.73. The van der Waals surface area contributed by atoms with E-state index in [1.54, 1.807) is 0 Å². The summed E-state index contributed by atoms with van der Waals surface area (Å²) in [7, 11) is 1.94. The highest BCUT2D eigenvalue weighted by atomic mass is 19.1. The van der Waals surface area contributed by atoms with Gasteiger partial charge in [-0.3, -0.25) is 0 Å². The number of alkyl halides is 1. The standard InChI is InChI=1S/C11H15FN2/c1-14(9-5-3-2-4-6-9)11-8-13-7-10(11)12/h2-6,10-11,13H,7-8H2,1H3. The second kappa shape index (κ2) is 3.96. The number of hydrogen-bond donors (Lipinski definition) is 1. The summed E-state index contributed by atoms with van der Waals surface area (Å²) < 4.78 is 13.4. The molecule has 1 aromatic rings. The van der Waals surface area contributed by atoms with Crippen LogP contribution in [-0.2, 0) is 0 Å². The zero-order chi connectivity index (χ0) is 9.97. The molecular weight excluding hydrogens is 179 g/mol. The fourth-order valence-corrected chi connectivity index (χ4v) is 1.87. The van der Waals surface area contributed by atoms with Crippen molar-refractivity contribution in [2.45, 2.75) is 12.2 Å². The van der Waals surface area contributed by atoms with Gasteiger partial charge in [-0.15, -0.1) is 0 Å². The number of hydrogen-bond acceptors (Lipinski definition) is 2. The smallest absolute Gasteiger partial charge is 0.134 e. The van der Waals surface area contributed by atoms with Crippen molar-refractivity contribution >= 4 is 5.69 Å². The number of para-hydroxylation sites is 1. The zero-order valence-corrected chi connectivity index (χ0v) is 8.28. The van der Waals surface area contributed by atoms with Crippen LogP contribution in [0.5, 0.6) is 0 Å². The molecule has 0 amide bonds. The summed E-state index contributed by atoms with van der Waals surface area (Å²) in [5.74, 6) is 0. The van der Waals surface area contributed by atoms with E-state index in [4.69, 9.17) is 0 Å². The first kappa shape index (κ1) is 9.46. The Bertz CT molecular complexity index is 289. The molecule has 2 nitrogen and oxygen atoms in total. The Morgan fingerprint density at radius 3 is 2.57 bits per heavy atom. The van der Waals surface area contributed by atoms with Crippen molar-refractivity contribution in [2.75, 3.05) is 25.0 Å². The molecule has 0 bridgehead atoms. The highest BCUT2D eigenvalue weighted by Gasteiger charge is 2.30. The number of anilines is 1. The molecule has 14 heavy (non-hydrogen) atoms. The predicted octanol–water partition coefficient (Wildman–Crippen LogP) is 1.43. The van der Waals surface area contributed by atoms with Gasteiger partial charge < -0.3 is 10.2 Å². The molecular formula is C11H15FN2. The highest BCUT2D eigenvalue weighted by molar-refractivity contribution is 5.46. The van der Waals surface area contributed by atoms with Crippen molar-refractivity contribution in [3.63, 3.8) is 0 Å². The topological polar surface area (TPSA) is 15.3 Å². The Hall–Kier alpha value is -1.09. The molecule has 3 heteroatoms. The van der Waals surface area contributed by atoms with Crippen LogP contribution < -0.4 is 10.2 Å². The molecule has 0 aliphatic carbocycles. The van der Waals surface area contributed by atoms with Crippen LogP contribution in [0.1, 0.15) is 0 Å². The lowest BCUT2D eigenvalue weighted by molar-refractivity contribution is 0.326. The molecule has 2 unspecified atom stereocenters. The fourth-order valence-electron chi connectivity index (χ4n) is 1.87. The van der Waals surface area contributed by atoms with Crippen LogP contribution >= 0.6 is 0 Å². The maximum absolute atomic E-state index is 13.4. The summed E-state index contributed by atoms with van der Waals surface area (Å²) in [4.78, 5) is 2.00. The molecule has 1 saturated heterocycles. The number of halogens is 1. The normalized spacial score (nSPS) is 26.4. The third-order valence-corrected chi connectivity index (χ3v) is 2.77. The van der Waals surface area contributed by atoms with E-state index in [0.29, 0.717) is 6.54 Å². The second-order valence-electron chi connectivity index (χ2n) is 3.69. The maximum atomic E-state index is 13.4. The zero-order valence-electron chi connectivity index (χ0n) is 8.28. The van der Waals surface area contributed by atoms with Crippen LogP contribution in [0.15, 0.2) is 30.3 Å². The molecule has 1 aliphatic rings. The largest absolute Gasteiger partial charge is 0.367 e. The third-order valence-electron chi connectivity index (χ3n) is 2.77. The number of rotatable bonds is 2. The van der Waals surface area contributed by atoms with Gasteiger partial charge in [-0.2, -0.15) is 0 Å². The molecule has 2 rings (SSSR count). The van der Waals surface area contributed by atoms with Gasteiger partial charge in [0.25, 0.3) is 0 Å². The molecule has 1 aliphatic heterocycles. The van der Waals surface area contributed by atoms with Crippen LogP contribution in [0.25, 0.3) is 0 Å². The van der Waals surface area contributed by atoms with E-state index in [2.05, 4.69) is 5.32 Å². The Morgan fingerprint density at radius 2 is 2.00 bits per heavy atom. The van der Waals surface area contributed by atoms with Crippen LogP contribution in [0.3, 0.4) is 0 Å². The molecule has 76 valence electrons. The Morgan fingerprint density at radius 1 is 1.29 bits per heavy atom. The van der Waals surface area contributed by atoms with Crippen LogP contribution in [-0.4, -0.2) is 32.4 Å². The average Bonchev–Trinajstić information content (AvgIpc) is 2.65. The summed E-state index contributed by atoms with van der Waals surface area (Å²) in [6, 6.07) is 9.90. The van der Waals surface area contributed by atoms with Crippen molar-refractivity contribution in [2.24, 2.45) is 0 Å². The van der Waals surface area contributed by atoms with E-state index in [1.165, 1.54) is 0 Å². The van der Waals surface area contributed by atoms with Crippen LogP contribution in [0.4, 0.5) is 10.1 Å². The second-order valence-corrected chi connectivity index (χ2v) is 3.69. The van der Waals surface area contributed by atoms with Crippen molar-refractivity contribution in [3.8, 4) is 0 Å². The van der Waals surface area contributed by atoms with Gasteiger partial charge in [0.05, 0.1) is 6.04 Å². The van der Waals surface area contributed by atoms with Crippen molar-refractivity contribution in [1.82, 2.24) is 5.32 Å². The summed E-state index contributed by atoms with van der Waals surface area (Å²) in [6.45, 7) is 1.20. The monoisotopic (exact) mass is 194 g/mol. The quantitative estimate of drug-likeness (QED) is 0.766. The Kier molecular flexibility index (Phi) is 2.68. The lowest BCUT2D eigenvalue weighted by atomic mass is 10.2. The average molecular weight is 194 g/mol. The van der Waals surface area contributed by atoms with E-state index in [9.17, 15) is 4.39 Å². The first-order chi connectivity index (χ1) is 6.79. The summed E-state index contributed by atoms with van der Waals surface area (Å²) in [5, 5.41) is 3.06. The van der Waals surface area contributed by atoms with Gasteiger partial charge in [-0.05, 0) is 12.1 Å². The minimum Gasteiger partial charge on any atom is -0.367 e. The first-order valence-corrected chi connectivity index (χ1v) is 4.91. The maximum Gasteiger partial charge on any atom is 0.134 e. The van der Waals surface area contributed by atoms with Gasteiger partial charge in [-0.25, -0.2) is 4.39 Å². The lowest BCUT2D eigenvalue weighted by Gasteiger charge is -2.27. The predicted molar refractivity (Wildman–Crippen MR) is 56.4 cm³/mol. The Balaban J connectivity index is 2.12. The van der Waals surface area contributed by atoms with E-state index < -0.39 is 6.17 Å². The van der Waals surface area contributed by atoms with E-state index in [-0.39, 0.29) is 6.04 Å². The Labute approximate surface area is 83.7 Å². The number of nitrogens with one attached hydrogen (secondary N) is 1. The highest BCUT2D eigenvalue weighted by Crippen LogP contribution is 2.19. The molecule has 1 fully saturated rings. The lowest BCUT2D eigenvalue weighted by Crippen LogP contribution is -2.38. The number of benzene rings is 1. The summed E-state index contributed by atoms with van der Waals surface area (Å²) in [6.07, 6.45) is -0.764. The summed E-state index contributed by atoms with van der Waals surface area (Å²) in [5.41, 5.74) is 1.07. The van der Waals surface area contributed by atoms with Crippen LogP contribution in [0.2, 0.25) is 0 Å². The molecule has 2 atom stereocenters. The van der Waals surface area contributed by atoms with Gasteiger partial charge in [0.1, 0.15) is 6.17 Å². The van der Waals surface area contributed by atoms with Gasteiger partial charge in [-0.1, -0.05) is 18.2 Å².